The molecule has 3 aromatic heterocycles. The Bertz CT molecular complexity index is 1130. The van der Waals surface area contributed by atoms with Gasteiger partial charge in [0.25, 0.3) is 0 Å². The predicted octanol–water partition coefficient (Wildman–Crippen LogP) is 3.43. The Balaban J connectivity index is 1.30. The highest BCUT2D eigenvalue weighted by atomic mass is 32.1. The van der Waals surface area contributed by atoms with Crippen molar-refractivity contribution in [3.8, 4) is 10.7 Å². The lowest BCUT2D eigenvalue weighted by atomic mass is 9.77. The van der Waals surface area contributed by atoms with Gasteiger partial charge in [-0.2, -0.15) is 13.2 Å². The third-order valence-corrected chi connectivity index (χ3v) is 6.82. The Morgan fingerprint density at radius 2 is 1.84 bits per heavy atom. The molecule has 0 aliphatic carbocycles. The predicted molar refractivity (Wildman–Crippen MR) is 111 cm³/mol. The summed E-state index contributed by atoms with van der Waals surface area (Å²) < 4.78 is 39.2. The molecule has 0 saturated carbocycles. The molecular weight excluding hydrogens is 443 g/mol. The average Bonchev–Trinajstić information content (AvgIpc) is 3.44. The SMILES string of the molecule is O=C1N(c2cc(C(F)(F)F)ccn2)CCC12CCN(c1cncc(-c3nncs3)n1)CC2. The van der Waals surface area contributed by atoms with Crippen molar-refractivity contribution in [3.63, 3.8) is 0 Å². The van der Waals surface area contributed by atoms with Crippen LogP contribution in [0, 0.1) is 5.41 Å². The van der Waals surface area contributed by atoms with Crippen molar-refractivity contribution in [3.05, 3.63) is 41.8 Å². The molecule has 1 spiro atoms. The second-order valence-corrected chi connectivity index (χ2v) is 8.71. The van der Waals surface area contributed by atoms with E-state index in [0.29, 0.717) is 55.4 Å². The second-order valence-electron chi connectivity index (χ2n) is 7.88. The highest BCUT2D eigenvalue weighted by Crippen LogP contribution is 2.44. The van der Waals surface area contributed by atoms with E-state index in [1.807, 2.05) is 0 Å². The fourth-order valence-corrected chi connectivity index (χ4v) is 4.81. The van der Waals surface area contributed by atoms with Crippen molar-refractivity contribution in [2.24, 2.45) is 5.41 Å². The Hall–Kier alpha value is -3.15. The van der Waals surface area contributed by atoms with Gasteiger partial charge in [0.2, 0.25) is 5.91 Å². The van der Waals surface area contributed by atoms with Gasteiger partial charge in [0.1, 0.15) is 22.8 Å². The number of hydrogen-bond donors (Lipinski definition) is 0. The summed E-state index contributed by atoms with van der Waals surface area (Å²) in [7, 11) is 0. The van der Waals surface area contributed by atoms with E-state index in [1.165, 1.54) is 16.2 Å². The minimum atomic E-state index is -4.48. The number of halogens is 3. The quantitative estimate of drug-likeness (QED) is 0.591. The highest BCUT2D eigenvalue weighted by Gasteiger charge is 2.49. The monoisotopic (exact) mass is 461 g/mol. The highest BCUT2D eigenvalue weighted by molar-refractivity contribution is 7.12. The summed E-state index contributed by atoms with van der Waals surface area (Å²) >= 11 is 1.38. The second kappa shape index (κ2) is 7.76. The summed E-state index contributed by atoms with van der Waals surface area (Å²) in [5, 5.41) is 8.53. The number of rotatable bonds is 3. The van der Waals surface area contributed by atoms with Crippen LogP contribution in [0.4, 0.5) is 24.8 Å². The van der Waals surface area contributed by atoms with Gasteiger partial charge >= 0.3 is 6.18 Å². The Labute approximate surface area is 185 Å². The lowest BCUT2D eigenvalue weighted by Crippen LogP contribution is -2.45. The molecule has 5 rings (SSSR count). The number of hydrogen-bond acceptors (Lipinski definition) is 8. The molecule has 3 aromatic rings. The van der Waals surface area contributed by atoms with E-state index in [1.54, 1.807) is 17.9 Å². The third-order valence-electron chi connectivity index (χ3n) is 6.11. The molecule has 8 nitrogen and oxygen atoms in total. The van der Waals surface area contributed by atoms with Crippen molar-refractivity contribution in [1.82, 2.24) is 25.1 Å². The van der Waals surface area contributed by atoms with Gasteiger partial charge in [-0.25, -0.2) is 9.97 Å². The number of nitrogens with zero attached hydrogens (tertiary/aromatic N) is 7. The molecule has 0 aromatic carbocycles. The van der Waals surface area contributed by atoms with Crippen LogP contribution in [-0.2, 0) is 11.0 Å². The summed E-state index contributed by atoms with van der Waals surface area (Å²) in [5.74, 6) is 0.604. The van der Waals surface area contributed by atoms with Gasteiger partial charge in [-0.1, -0.05) is 11.3 Å². The van der Waals surface area contributed by atoms with Gasteiger partial charge in [0, 0.05) is 25.8 Å². The van der Waals surface area contributed by atoms with Crippen molar-refractivity contribution < 1.29 is 18.0 Å². The number of alkyl halides is 3. The fourth-order valence-electron chi connectivity index (χ4n) is 4.30. The number of aromatic nitrogens is 5. The molecule has 0 N–H and O–H groups in total. The minimum absolute atomic E-state index is 0.0553. The number of piperidine rings is 1. The maximum atomic E-state index is 13.2. The van der Waals surface area contributed by atoms with Crippen molar-refractivity contribution in [1.29, 1.82) is 0 Å². The van der Waals surface area contributed by atoms with E-state index in [2.05, 4.69) is 30.0 Å². The number of amides is 1. The molecule has 2 fully saturated rings. The Morgan fingerprint density at radius 3 is 2.56 bits per heavy atom. The maximum absolute atomic E-state index is 13.2. The fraction of sp³-hybridized carbons (Fsp3) is 0.400. The molecule has 2 saturated heterocycles. The van der Waals surface area contributed by atoms with Crippen molar-refractivity contribution in [2.45, 2.75) is 25.4 Å². The molecule has 0 atom stereocenters. The number of pyridine rings is 1. The molecule has 0 bridgehead atoms. The van der Waals surface area contributed by atoms with E-state index in [-0.39, 0.29) is 11.7 Å². The zero-order valence-corrected chi connectivity index (χ0v) is 17.6. The van der Waals surface area contributed by atoms with E-state index in [0.717, 1.165) is 18.3 Å². The van der Waals surface area contributed by atoms with Crippen LogP contribution in [0.1, 0.15) is 24.8 Å². The van der Waals surface area contributed by atoms with Gasteiger partial charge < -0.3 is 4.90 Å². The van der Waals surface area contributed by atoms with E-state index in [4.69, 9.17) is 0 Å². The summed E-state index contributed by atoms with van der Waals surface area (Å²) in [6, 6.07) is 1.86. The summed E-state index contributed by atoms with van der Waals surface area (Å²) in [6.45, 7) is 1.56. The summed E-state index contributed by atoms with van der Waals surface area (Å²) in [6.07, 6.45) is 1.70. The average molecular weight is 461 g/mol. The first-order valence-electron chi connectivity index (χ1n) is 10.0. The molecule has 12 heteroatoms. The van der Waals surface area contributed by atoms with Crippen LogP contribution in [0.2, 0.25) is 0 Å². The first-order valence-corrected chi connectivity index (χ1v) is 10.9. The molecule has 0 radical (unpaired) electrons. The zero-order valence-electron chi connectivity index (χ0n) is 16.8. The maximum Gasteiger partial charge on any atom is 0.416 e. The Kier molecular flexibility index (Phi) is 5.03. The first-order chi connectivity index (χ1) is 15.4. The van der Waals surface area contributed by atoms with Gasteiger partial charge in [0.05, 0.1) is 23.4 Å². The molecule has 166 valence electrons. The van der Waals surface area contributed by atoms with Crippen molar-refractivity contribution in [2.75, 3.05) is 29.4 Å². The Morgan fingerprint density at radius 1 is 1.06 bits per heavy atom. The molecule has 2 aliphatic rings. The van der Waals surface area contributed by atoms with Crippen LogP contribution in [0.25, 0.3) is 10.7 Å². The molecule has 32 heavy (non-hydrogen) atoms. The lowest BCUT2D eigenvalue weighted by molar-refractivity contribution is -0.137. The van der Waals surface area contributed by atoms with Gasteiger partial charge in [0.15, 0.2) is 5.01 Å². The first kappa shape index (κ1) is 20.7. The topological polar surface area (TPSA) is 88.0 Å². The summed E-state index contributed by atoms with van der Waals surface area (Å²) in [5.41, 5.74) is 0.880. The van der Waals surface area contributed by atoms with E-state index in [9.17, 15) is 18.0 Å². The molecule has 0 unspecified atom stereocenters. The molecule has 5 heterocycles. The third kappa shape index (κ3) is 3.68. The number of anilines is 2. The van der Waals surface area contributed by atoms with Crippen LogP contribution >= 0.6 is 11.3 Å². The molecule has 1 amide bonds. The van der Waals surface area contributed by atoms with Crippen LogP contribution in [0.3, 0.4) is 0 Å². The number of carbonyl (C=O) groups is 1. The lowest BCUT2D eigenvalue weighted by Gasteiger charge is -2.38. The van der Waals surface area contributed by atoms with Crippen LogP contribution in [0.5, 0.6) is 0 Å². The van der Waals surface area contributed by atoms with Crippen LogP contribution in [0.15, 0.2) is 36.2 Å². The van der Waals surface area contributed by atoms with Crippen LogP contribution in [-0.4, -0.2) is 50.7 Å². The van der Waals surface area contributed by atoms with Crippen LogP contribution < -0.4 is 9.80 Å². The van der Waals surface area contributed by atoms with Gasteiger partial charge in [-0.3, -0.25) is 14.7 Å². The molecular formula is C20H18F3N7OS. The van der Waals surface area contributed by atoms with Gasteiger partial charge in [-0.15, -0.1) is 10.2 Å². The van der Waals surface area contributed by atoms with Gasteiger partial charge in [-0.05, 0) is 31.4 Å². The van der Waals surface area contributed by atoms with Crippen molar-refractivity contribution >= 4 is 28.9 Å². The molecule has 2 aliphatic heterocycles. The summed E-state index contributed by atoms with van der Waals surface area (Å²) in [4.78, 5) is 29.6. The van der Waals surface area contributed by atoms with E-state index >= 15 is 0 Å². The van der Waals surface area contributed by atoms with E-state index < -0.39 is 17.2 Å². The normalized spacial score (nSPS) is 18.5. The number of carbonyl (C=O) groups excluding carboxylic acids is 1. The zero-order chi connectivity index (χ0) is 22.3. The minimum Gasteiger partial charge on any atom is -0.355 e. The standard InChI is InChI=1S/C20H18F3N7OS/c21-20(22,23)13-1-5-25-15(9-13)30-8-4-19(18(30)31)2-6-29(7-3-19)16-11-24-10-14(27-16)17-28-26-12-32-17/h1,5,9-12H,2-4,6-8H2. The largest absolute Gasteiger partial charge is 0.416 e. The smallest absolute Gasteiger partial charge is 0.355 e.